The summed E-state index contributed by atoms with van der Waals surface area (Å²) < 4.78 is 10.7. The van der Waals surface area contributed by atoms with Crippen LogP contribution >= 0.6 is 23.3 Å². The van der Waals surface area contributed by atoms with E-state index in [0.29, 0.717) is 18.0 Å². The van der Waals surface area contributed by atoms with Crippen LogP contribution in [0.2, 0.25) is 0 Å². The van der Waals surface area contributed by atoms with Crippen molar-refractivity contribution in [2.24, 2.45) is 26.3 Å². The van der Waals surface area contributed by atoms with Gasteiger partial charge >= 0.3 is 5.97 Å². The van der Waals surface area contributed by atoms with Crippen molar-refractivity contribution < 1.29 is 28.5 Å². The van der Waals surface area contributed by atoms with Gasteiger partial charge in [-0.25, -0.2) is 9.36 Å². The van der Waals surface area contributed by atoms with Crippen LogP contribution in [0.1, 0.15) is 19.7 Å². The molecule has 228 valence electrons. The minimum Gasteiger partial charge on any atom is -0.466 e. The molecule has 0 radical (unpaired) electrons. The number of nitrogens with zero attached hydrogens (tertiary/aromatic N) is 8. The fraction of sp³-hybridized carbons (Fsp3) is 0.417. The molecule has 1 saturated heterocycles. The highest BCUT2D eigenvalue weighted by Gasteiger charge is 2.54. The molecule has 4 heterocycles. The van der Waals surface area contributed by atoms with E-state index in [0.717, 1.165) is 22.8 Å². The molecule has 17 nitrogen and oxygen atoms in total. The van der Waals surface area contributed by atoms with Crippen LogP contribution in [-0.4, -0.2) is 87.6 Å². The smallest absolute Gasteiger partial charge is 0.352 e. The normalized spacial score (nSPS) is 19.2. The fourth-order valence-corrected chi connectivity index (χ4v) is 5.96. The van der Waals surface area contributed by atoms with Crippen molar-refractivity contribution in [2.75, 3.05) is 38.0 Å². The van der Waals surface area contributed by atoms with E-state index in [1.165, 1.54) is 44.7 Å². The first kappa shape index (κ1) is 31.3. The van der Waals surface area contributed by atoms with Crippen molar-refractivity contribution in [1.29, 1.82) is 0 Å². The van der Waals surface area contributed by atoms with Gasteiger partial charge in [0.1, 0.15) is 11.4 Å². The number of nitrogens with one attached hydrogen (secondary N) is 2. The van der Waals surface area contributed by atoms with Gasteiger partial charge in [-0.2, -0.15) is 9.36 Å². The number of anilines is 2. The molecule has 0 saturated carbocycles. The molecule has 2 amide bonds. The Kier molecular flexibility index (Phi) is 9.54. The lowest BCUT2D eigenvalue weighted by molar-refractivity contribution is -0.688. The van der Waals surface area contributed by atoms with Crippen LogP contribution in [0.4, 0.5) is 10.8 Å². The van der Waals surface area contributed by atoms with Crippen molar-refractivity contribution in [3.05, 3.63) is 41.6 Å². The van der Waals surface area contributed by atoms with E-state index >= 15 is 0 Å². The lowest BCUT2D eigenvalue weighted by Crippen LogP contribution is -2.71. The standard InChI is InChI=1S/C24H30N12O5S2/c1-24(2,22(39)40-5)41-32-14(17-30-23(25)43-33-17)19(37)29-15-20(38)36-16(18(28-4)31-34-26)12(11-42-21(15)36)10-35-8-6-13(27-3)7-9-35/h6-9,15,21H,10-11H2,1-5H3,(H5,25,26,28,29,30,31,33,37)/p+1/b32-14-/t15-,21-/m1/s1. The minimum atomic E-state index is -1.53. The lowest BCUT2D eigenvalue weighted by atomic mass is 10.0. The first-order valence-corrected chi connectivity index (χ1v) is 14.5. The minimum absolute atomic E-state index is 0.0812. The van der Waals surface area contributed by atoms with Gasteiger partial charge in [0.15, 0.2) is 29.9 Å². The van der Waals surface area contributed by atoms with Gasteiger partial charge in [-0.1, -0.05) is 10.4 Å². The Balaban J connectivity index is 1.61. The summed E-state index contributed by atoms with van der Waals surface area (Å²) in [6.07, 6.45) is 3.82. The predicted octanol–water partition coefficient (Wildman–Crippen LogP) is -0.170. The van der Waals surface area contributed by atoms with Crippen molar-refractivity contribution in [3.8, 4) is 0 Å². The second kappa shape index (κ2) is 13.1. The summed E-state index contributed by atoms with van der Waals surface area (Å²) in [5.74, 6) is 3.95. The van der Waals surface area contributed by atoms with E-state index in [4.69, 9.17) is 21.2 Å². The molecule has 19 heteroatoms. The zero-order valence-electron chi connectivity index (χ0n) is 24.0. The van der Waals surface area contributed by atoms with Crippen LogP contribution in [0.15, 0.2) is 56.3 Å². The van der Waals surface area contributed by atoms with E-state index in [-0.39, 0.29) is 22.5 Å². The van der Waals surface area contributed by atoms with Crippen LogP contribution in [0.5, 0.6) is 0 Å². The highest BCUT2D eigenvalue weighted by Crippen LogP contribution is 2.41. The number of hydrogen-bond acceptors (Lipinski definition) is 14. The van der Waals surface area contributed by atoms with Gasteiger partial charge < -0.3 is 31.8 Å². The molecular weight excluding hydrogens is 600 g/mol. The number of aromatic nitrogens is 3. The van der Waals surface area contributed by atoms with Gasteiger partial charge in [-0.3, -0.25) is 19.5 Å². The molecule has 1 fully saturated rings. The molecule has 0 unspecified atom stereocenters. The number of methoxy groups -OCH3 is 1. The van der Waals surface area contributed by atoms with E-state index in [9.17, 15) is 14.4 Å². The number of ether oxygens (including phenoxy) is 1. The van der Waals surface area contributed by atoms with Crippen molar-refractivity contribution in [1.82, 2.24) is 19.6 Å². The Morgan fingerprint density at radius 2 is 2.02 bits per heavy atom. The third-order valence-electron chi connectivity index (χ3n) is 6.37. The number of β-lactam (4-membered cyclic amide) rings is 1. The Bertz CT molecular complexity index is 1520. The van der Waals surface area contributed by atoms with Crippen LogP contribution < -0.4 is 26.8 Å². The molecule has 4 rings (SSSR count). The molecular formula is C24H31N12O5S2+. The summed E-state index contributed by atoms with van der Waals surface area (Å²) in [6.45, 7) is 3.27. The van der Waals surface area contributed by atoms with Crippen LogP contribution in [0.3, 0.4) is 0 Å². The third-order valence-corrected chi connectivity index (χ3v) is 8.26. The molecule has 2 aliphatic rings. The Hall–Kier alpha value is -4.65. The number of thioether (sulfide) groups is 1. The summed E-state index contributed by atoms with van der Waals surface area (Å²) in [5.41, 5.74) is 6.08. The number of amides is 2. The van der Waals surface area contributed by atoms with Crippen LogP contribution in [0, 0.1) is 0 Å². The average molecular weight is 632 g/mol. The Labute approximate surface area is 254 Å². The quantitative estimate of drug-likeness (QED) is 0.0393. The number of rotatable bonds is 10. The van der Waals surface area contributed by atoms with Gasteiger partial charge in [0, 0.05) is 54.8 Å². The number of carbonyl (C=O) groups is 3. The topological polar surface area (TPSA) is 228 Å². The molecule has 43 heavy (non-hydrogen) atoms. The van der Waals surface area contributed by atoms with E-state index in [1.807, 2.05) is 36.1 Å². The second-order valence-corrected chi connectivity index (χ2v) is 11.5. The van der Waals surface area contributed by atoms with Crippen LogP contribution in [-0.2, 0) is 30.5 Å². The first-order valence-electron chi connectivity index (χ1n) is 12.7. The number of oxime groups is 1. The molecule has 2 aromatic rings. The highest BCUT2D eigenvalue weighted by atomic mass is 32.2. The monoisotopic (exact) mass is 631 g/mol. The molecule has 0 aromatic carbocycles. The van der Waals surface area contributed by atoms with E-state index < -0.39 is 34.8 Å². The van der Waals surface area contributed by atoms with E-state index in [1.54, 1.807) is 0 Å². The molecule has 0 aliphatic carbocycles. The summed E-state index contributed by atoms with van der Waals surface area (Å²) in [7, 11) is 4.55. The number of nitrogen functional groups attached to an aromatic ring is 1. The maximum atomic E-state index is 13.6. The number of hydrogen-bond donors (Lipinski definition) is 4. The SMILES string of the molecule is CN=C(N=NN)C1=C(C[n+]2ccc(NC)cc2)CS[C@@H]2[C@H](NC(=O)/C(=N\OC(C)(C)C(=O)OC)c3nsc(N)n3)C(=O)N12. The van der Waals surface area contributed by atoms with Crippen LogP contribution in [0.25, 0.3) is 0 Å². The van der Waals surface area contributed by atoms with Crippen molar-refractivity contribution in [3.63, 3.8) is 0 Å². The summed E-state index contributed by atoms with van der Waals surface area (Å²) in [6, 6.07) is 2.90. The first-order chi connectivity index (χ1) is 20.5. The maximum absolute atomic E-state index is 13.6. The number of esters is 1. The zero-order chi connectivity index (χ0) is 31.3. The fourth-order valence-electron chi connectivity index (χ4n) is 4.19. The number of carbonyl (C=O) groups excluding carboxylic acids is 3. The Morgan fingerprint density at radius 1 is 1.30 bits per heavy atom. The van der Waals surface area contributed by atoms with Crippen molar-refractivity contribution >= 4 is 63.4 Å². The predicted molar refractivity (Wildman–Crippen MR) is 159 cm³/mol. The van der Waals surface area contributed by atoms with E-state index in [2.05, 4.69) is 40.5 Å². The van der Waals surface area contributed by atoms with Gasteiger partial charge in [-0.05, 0) is 13.8 Å². The molecule has 2 aromatic heterocycles. The van der Waals surface area contributed by atoms with Crippen molar-refractivity contribution in [2.45, 2.75) is 37.4 Å². The number of pyridine rings is 1. The summed E-state index contributed by atoms with van der Waals surface area (Å²) in [4.78, 5) is 54.1. The molecule has 6 N–H and O–H groups in total. The summed E-state index contributed by atoms with van der Waals surface area (Å²) >= 11 is 2.29. The van der Waals surface area contributed by atoms with Gasteiger partial charge in [0.25, 0.3) is 11.8 Å². The summed E-state index contributed by atoms with van der Waals surface area (Å²) in [5, 5.41) is 16.5. The van der Waals surface area contributed by atoms with Gasteiger partial charge in [-0.15, -0.1) is 16.9 Å². The molecule has 0 spiro atoms. The number of aliphatic imine (C=N–C) groups is 1. The van der Waals surface area contributed by atoms with Gasteiger partial charge in [0.2, 0.25) is 17.1 Å². The second-order valence-electron chi connectivity index (χ2n) is 9.57. The van der Waals surface area contributed by atoms with Gasteiger partial charge in [0.05, 0.1) is 12.8 Å². The molecule has 0 bridgehead atoms. The molecule has 2 atom stereocenters. The zero-order valence-corrected chi connectivity index (χ0v) is 25.6. The third kappa shape index (κ3) is 6.56. The number of amidine groups is 1. The average Bonchev–Trinajstić information content (AvgIpc) is 3.43. The molecule has 2 aliphatic heterocycles. The number of fused-ring (bicyclic) bond motifs is 1. The largest absolute Gasteiger partial charge is 0.466 e. The Morgan fingerprint density at radius 3 is 2.60 bits per heavy atom. The highest BCUT2D eigenvalue weighted by molar-refractivity contribution is 8.00. The lowest BCUT2D eigenvalue weighted by Gasteiger charge is -2.49. The maximum Gasteiger partial charge on any atom is 0.352 e. The number of nitrogens with two attached hydrogens (primary N) is 2.